The van der Waals surface area contributed by atoms with Crippen LogP contribution in [0.15, 0.2) is 85.2 Å². The molecule has 15 heteroatoms. The number of nitrogens with one attached hydrogen (secondary N) is 2. The fourth-order valence-electron chi connectivity index (χ4n) is 4.09. The number of aromatic nitrogens is 4. The predicted molar refractivity (Wildman–Crippen MR) is 167 cm³/mol. The third-order valence-corrected chi connectivity index (χ3v) is 8.54. The van der Waals surface area contributed by atoms with Gasteiger partial charge < -0.3 is 24.4 Å². The second-order valence-corrected chi connectivity index (χ2v) is 12.3. The lowest BCUT2D eigenvalue weighted by atomic mass is 10.0. The lowest BCUT2D eigenvalue weighted by Gasteiger charge is -2.18. The van der Waals surface area contributed by atoms with E-state index in [9.17, 15) is 18.9 Å². The van der Waals surface area contributed by atoms with Crippen LogP contribution in [-0.2, 0) is 34.4 Å². The zero-order chi connectivity index (χ0) is 32.2. The Morgan fingerprint density at radius 2 is 1.76 bits per heavy atom. The summed E-state index contributed by atoms with van der Waals surface area (Å²) in [5.74, 6) is -1.63. The highest BCUT2D eigenvalue weighted by atomic mass is 35.5. The molecule has 13 nitrogen and oxygen atoms in total. The first-order valence-corrected chi connectivity index (χ1v) is 15.6. The fourth-order valence-corrected chi connectivity index (χ4v) is 5.10. The molecule has 0 aliphatic heterocycles. The minimum absolute atomic E-state index is 0.0941. The van der Waals surface area contributed by atoms with Gasteiger partial charge in [0, 0.05) is 43.0 Å². The number of anilines is 1. The van der Waals surface area contributed by atoms with Gasteiger partial charge in [0.2, 0.25) is 11.8 Å². The summed E-state index contributed by atoms with van der Waals surface area (Å²) in [5.41, 5.74) is 2.64. The summed E-state index contributed by atoms with van der Waals surface area (Å²) in [6.45, 7) is -0.165. The van der Waals surface area contributed by atoms with E-state index in [2.05, 4.69) is 26.2 Å². The molecule has 1 aromatic heterocycles. The average Bonchev–Trinajstić information content (AvgIpc) is 3.59. The molecule has 0 aliphatic carbocycles. The Bertz CT molecular complexity index is 1680. The van der Waals surface area contributed by atoms with Crippen LogP contribution in [0, 0.1) is 0 Å². The third kappa shape index (κ3) is 9.65. The number of carbonyl (C=O) groups is 3. The summed E-state index contributed by atoms with van der Waals surface area (Å²) in [6.07, 6.45) is 4.39. The van der Waals surface area contributed by atoms with Crippen molar-refractivity contribution in [3.8, 4) is 5.69 Å². The number of benzene rings is 3. The number of hydrogen-bond acceptors (Lipinski definition) is 10. The van der Waals surface area contributed by atoms with Crippen LogP contribution in [-0.4, -0.2) is 71.0 Å². The van der Waals surface area contributed by atoms with E-state index in [0.717, 1.165) is 5.56 Å². The SMILES string of the molecule is COP(=O)(CCOC(=O)c1ccc(NC(=O)C(Cc2ccccc2)NC(=O)C=Cc2cc(Cl)ccc2-n2cnnn2)cc1)OC. The Morgan fingerprint density at radius 1 is 1.02 bits per heavy atom. The number of nitrogens with zero attached hydrogens (tertiary/aromatic N) is 4. The largest absolute Gasteiger partial charge is 0.461 e. The van der Waals surface area contributed by atoms with Crippen molar-refractivity contribution in [2.24, 2.45) is 0 Å². The number of tetrazole rings is 1. The molecule has 0 saturated carbocycles. The van der Waals surface area contributed by atoms with Crippen molar-refractivity contribution in [1.82, 2.24) is 25.5 Å². The van der Waals surface area contributed by atoms with Crippen LogP contribution in [0.2, 0.25) is 5.02 Å². The molecule has 1 unspecified atom stereocenters. The molecular weight excluding hydrogens is 623 g/mol. The predicted octanol–water partition coefficient (Wildman–Crippen LogP) is 4.34. The first-order chi connectivity index (χ1) is 21.7. The van der Waals surface area contributed by atoms with E-state index in [0.29, 0.717) is 22.0 Å². The molecule has 45 heavy (non-hydrogen) atoms. The molecular formula is C30H30ClN6O7P. The summed E-state index contributed by atoms with van der Waals surface area (Å²) in [6, 6.07) is 19.4. The molecule has 0 spiro atoms. The highest BCUT2D eigenvalue weighted by molar-refractivity contribution is 7.53. The van der Waals surface area contributed by atoms with Crippen LogP contribution >= 0.6 is 19.2 Å². The van der Waals surface area contributed by atoms with Crippen molar-refractivity contribution in [2.45, 2.75) is 12.5 Å². The summed E-state index contributed by atoms with van der Waals surface area (Å²) >= 11 is 6.17. The number of amides is 2. The number of esters is 1. The van der Waals surface area contributed by atoms with Gasteiger partial charge in [0.05, 0.1) is 17.4 Å². The van der Waals surface area contributed by atoms with Crippen LogP contribution in [0.3, 0.4) is 0 Å². The molecule has 3 aromatic carbocycles. The molecule has 4 rings (SSSR count). The first kappa shape index (κ1) is 33.2. The number of ether oxygens (including phenoxy) is 1. The summed E-state index contributed by atoms with van der Waals surface area (Å²) in [4.78, 5) is 38.8. The smallest absolute Gasteiger partial charge is 0.338 e. The number of halogens is 1. The lowest BCUT2D eigenvalue weighted by molar-refractivity contribution is -0.123. The van der Waals surface area contributed by atoms with Crippen molar-refractivity contribution in [3.05, 3.63) is 107 Å². The third-order valence-electron chi connectivity index (χ3n) is 6.46. The fraction of sp³-hybridized carbons (Fsp3) is 0.200. The van der Waals surface area contributed by atoms with E-state index in [-0.39, 0.29) is 24.8 Å². The quantitative estimate of drug-likeness (QED) is 0.114. The number of rotatable bonds is 14. The number of hydrogen-bond donors (Lipinski definition) is 2. The Balaban J connectivity index is 1.43. The van der Waals surface area contributed by atoms with Crippen LogP contribution in [0.4, 0.5) is 5.69 Å². The molecule has 0 saturated heterocycles. The molecule has 1 atom stereocenters. The van der Waals surface area contributed by atoms with Crippen molar-refractivity contribution in [2.75, 3.05) is 32.3 Å². The molecule has 234 valence electrons. The monoisotopic (exact) mass is 652 g/mol. The molecule has 0 fully saturated rings. The number of carbonyl (C=O) groups excluding carboxylic acids is 3. The molecule has 2 amide bonds. The van der Waals surface area contributed by atoms with Crippen LogP contribution in [0.5, 0.6) is 0 Å². The molecule has 0 bridgehead atoms. The van der Waals surface area contributed by atoms with Crippen LogP contribution in [0.25, 0.3) is 11.8 Å². The van der Waals surface area contributed by atoms with Crippen molar-refractivity contribution < 1.29 is 32.7 Å². The Hall–Kier alpha value is -4.68. The van der Waals surface area contributed by atoms with Gasteiger partial charge in [-0.25, -0.2) is 4.79 Å². The van der Waals surface area contributed by atoms with Gasteiger partial charge in [0.1, 0.15) is 19.0 Å². The summed E-state index contributed by atoms with van der Waals surface area (Å²) in [5, 5.41) is 17.2. The van der Waals surface area contributed by atoms with Gasteiger partial charge in [-0.1, -0.05) is 41.9 Å². The summed E-state index contributed by atoms with van der Waals surface area (Å²) in [7, 11) is -0.802. The Morgan fingerprint density at radius 3 is 2.42 bits per heavy atom. The molecule has 4 aromatic rings. The van der Waals surface area contributed by atoms with Crippen LogP contribution < -0.4 is 10.6 Å². The maximum absolute atomic E-state index is 13.4. The van der Waals surface area contributed by atoms with Gasteiger partial charge >= 0.3 is 13.6 Å². The average molecular weight is 653 g/mol. The van der Waals surface area contributed by atoms with E-state index in [1.165, 1.54) is 55.6 Å². The minimum Gasteiger partial charge on any atom is -0.461 e. The molecule has 0 aliphatic rings. The van der Waals surface area contributed by atoms with Gasteiger partial charge in [0.15, 0.2) is 0 Å². The zero-order valence-electron chi connectivity index (χ0n) is 24.3. The Labute approximate surface area is 264 Å². The van der Waals surface area contributed by atoms with Crippen molar-refractivity contribution >= 4 is 48.7 Å². The van der Waals surface area contributed by atoms with Gasteiger partial charge in [0.25, 0.3) is 0 Å². The van der Waals surface area contributed by atoms with Crippen LogP contribution in [0.1, 0.15) is 21.5 Å². The molecule has 1 heterocycles. The standard InChI is InChI=1S/C30H30ClN6O7P/c1-42-45(41,43-2)17-16-44-30(40)22-8-12-25(13-9-22)33-29(39)26(18-21-6-4-3-5-7-21)34-28(38)15-10-23-19-24(31)11-14-27(23)37-20-32-35-36-37/h3-15,19-20,26H,16-18H2,1-2H3,(H,33,39)(H,34,38). The van der Waals surface area contributed by atoms with E-state index in [1.54, 1.807) is 24.3 Å². The van der Waals surface area contributed by atoms with E-state index >= 15 is 0 Å². The zero-order valence-corrected chi connectivity index (χ0v) is 26.0. The molecule has 2 N–H and O–H groups in total. The molecule has 0 radical (unpaired) electrons. The first-order valence-electron chi connectivity index (χ1n) is 13.5. The second kappa shape index (κ2) is 15.9. The van der Waals surface area contributed by atoms with E-state index < -0.39 is 31.4 Å². The van der Waals surface area contributed by atoms with Gasteiger partial charge in [-0.3, -0.25) is 14.2 Å². The Kier molecular flexibility index (Phi) is 11.7. The summed E-state index contributed by atoms with van der Waals surface area (Å²) < 4.78 is 28.3. The van der Waals surface area contributed by atoms with Crippen molar-refractivity contribution in [1.29, 1.82) is 0 Å². The maximum atomic E-state index is 13.4. The van der Waals surface area contributed by atoms with Gasteiger partial charge in [-0.2, -0.15) is 4.68 Å². The van der Waals surface area contributed by atoms with Crippen molar-refractivity contribution in [3.63, 3.8) is 0 Å². The normalized spacial score (nSPS) is 12.1. The van der Waals surface area contributed by atoms with Gasteiger partial charge in [-0.05, 0) is 64.5 Å². The topological polar surface area (TPSA) is 164 Å². The van der Waals surface area contributed by atoms with E-state index in [4.69, 9.17) is 25.4 Å². The lowest BCUT2D eigenvalue weighted by Crippen LogP contribution is -2.44. The highest BCUT2D eigenvalue weighted by Gasteiger charge is 2.23. The van der Waals surface area contributed by atoms with Gasteiger partial charge in [-0.15, -0.1) is 5.10 Å². The second-order valence-electron chi connectivity index (χ2n) is 9.44. The maximum Gasteiger partial charge on any atom is 0.338 e. The van der Waals surface area contributed by atoms with E-state index in [1.807, 2.05) is 30.3 Å². The highest BCUT2D eigenvalue weighted by Crippen LogP contribution is 2.45. The minimum atomic E-state index is -3.31.